The lowest BCUT2D eigenvalue weighted by molar-refractivity contribution is 0.0138. The van der Waals surface area contributed by atoms with Gasteiger partial charge in [-0.1, -0.05) is 49.3 Å². The normalized spacial score (nSPS) is 20.7. The molecule has 0 radical (unpaired) electrons. The zero-order valence-electron chi connectivity index (χ0n) is 15.6. The first kappa shape index (κ1) is 17.5. The van der Waals surface area contributed by atoms with Crippen LogP contribution in [0.5, 0.6) is 0 Å². The number of amides is 1. The molecule has 1 aliphatic rings. The molecule has 0 bridgehead atoms. The number of benzene rings is 1. The summed E-state index contributed by atoms with van der Waals surface area (Å²) in [5, 5.41) is 7.39. The maximum Gasteiger partial charge on any atom is 0.253 e. The third-order valence-corrected chi connectivity index (χ3v) is 5.77. The van der Waals surface area contributed by atoms with Crippen LogP contribution in [0.2, 0.25) is 0 Å². The van der Waals surface area contributed by atoms with Gasteiger partial charge in [0.05, 0.1) is 11.3 Å². The molecule has 2 atom stereocenters. The number of hydrogen-bond acceptors (Lipinski definition) is 4. The summed E-state index contributed by atoms with van der Waals surface area (Å²) in [6.07, 6.45) is 5.05. The van der Waals surface area contributed by atoms with Gasteiger partial charge >= 0.3 is 0 Å². The van der Waals surface area contributed by atoms with Gasteiger partial charge in [-0.2, -0.15) is 0 Å². The van der Waals surface area contributed by atoms with Crippen molar-refractivity contribution in [2.75, 3.05) is 0 Å². The molecule has 5 heteroatoms. The van der Waals surface area contributed by atoms with Crippen molar-refractivity contribution in [3.05, 3.63) is 72.2 Å². The molecule has 1 amide bonds. The van der Waals surface area contributed by atoms with Crippen molar-refractivity contribution >= 4 is 5.91 Å². The van der Waals surface area contributed by atoms with Crippen LogP contribution in [0.25, 0.3) is 11.3 Å². The fourth-order valence-electron chi connectivity index (χ4n) is 3.74. The molecule has 0 aliphatic heterocycles. The van der Waals surface area contributed by atoms with Gasteiger partial charge in [-0.25, -0.2) is 0 Å². The van der Waals surface area contributed by atoms with Crippen molar-refractivity contribution < 1.29 is 9.32 Å². The lowest BCUT2D eigenvalue weighted by Crippen LogP contribution is -2.58. The number of nitrogens with zero attached hydrogens (tertiary/aromatic N) is 2. The maximum absolute atomic E-state index is 12.4. The Hall–Kier alpha value is -2.95. The van der Waals surface area contributed by atoms with E-state index in [9.17, 15) is 4.79 Å². The van der Waals surface area contributed by atoms with Crippen molar-refractivity contribution in [1.82, 2.24) is 15.5 Å². The number of pyridine rings is 1. The molecule has 3 aromatic rings. The Morgan fingerprint density at radius 1 is 1.22 bits per heavy atom. The van der Waals surface area contributed by atoms with Gasteiger partial charge in [0.25, 0.3) is 5.91 Å². The fraction of sp³-hybridized carbons (Fsp3) is 0.318. The Bertz CT molecular complexity index is 919. The lowest BCUT2D eigenvalue weighted by Gasteiger charge is -2.52. The van der Waals surface area contributed by atoms with E-state index in [-0.39, 0.29) is 17.4 Å². The molecule has 138 valence electrons. The van der Waals surface area contributed by atoms with Crippen molar-refractivity contribution in [2.45, 2.75) is 32.7 Å². The molecule has 0 unspecified atom stereocenters. The summed E-state index contributed by atoms with van der Waals surface area (Å²) < 4.78 is 5.51. The van der Waals surface area contributed by atoms with Crippen LogP contribution in [0, 0.1) is 11.3 Å². The lowest BCUT2D eigenvalue weighted by atomic mass is 9.57. The van der Waals surface area contributed by atoms with Gasteiger partial charge in [-0.05, 0) is 36.3 Å². The number of nitrogens with one attached hydrogen (secondary N) is 1. The van der Waals surface area contributed by atoms with E-state index in [1.807, 2.05) is 36.4 Å². The van der Waals surface area contributed by atoms with Crippen LogP contribution in [0.4, 0.5) is 0 Å². The molecule has 2 aromatic heterocycles. The highest BCUT2D eigenvalue weighted by Crippen LogP contribution is 2.48. The topological polar surface area (TPSA) is 68.0 Å². The summed E-state index contributed by atoms with van der Waals surface area (Å²) in [5.41, 5.74) is 2.60. The van der Waals surface area contributed by atoms with Gasteiger partial charge < -0.3 is 9.84 Å². The monoisotopic (exact) mass is 361 g/mol. The second-order valence-electron chi connectivity index (χ2n) is 7.77. The summed E-state index contributed by atoms with van der Waals surface area (Å²) in [6, 6.07) is 15.7. The zero-order valence-corrected chi connectivity index (χ0v) is 15.6. The average Bonchev–Trinajstić information content (AvgIpc) is 3.17. The molecule has 1 fully saturated rings. The summed E-state index contributed by atoms with van der Waals surface area (Å²) in [5.74, 6) is 1.18. The molecule has 0 spiro atoms. The van der Waals surface area contributed by atoms with Crippen LogP contribution in [-0.2, 0) is 6.42 Å². The number of hydrogen-bond donors (Lipinski definition) is 1. The van der Waals surface area contributed by atoms with Crippen molar-refractivity contribution in [3.63, 3.8) is 0 Å². The predicted octanol–water partition coefficient (Wildman–Crippen LogP) is 4.12. The quantitative estimate of drug-likeness (QED) is 0.742. The smallest absolute Gasteiger partial charge is 0.253 e. The highest BCUT2D eigenvalue weighted by Gasteiger charge is 2.48. The molecule has 4 rings (SSSR count). The van der Waals surface area contributed by atoms with E-state index in [1.165, 1.54) is 0 Å². The SMILES string of the molecule is CC1(C)[C@H](Cc2cc(-c3ccccc3)on2)C[C@@H]1NC(=O)c1cccnc1. The minimum Gasteiger partial charge on any atom is -0.356 e. The van der Waals surface area contributed by atoms with Gasteiger partial charge in [0.1, 0.15) is 0 Å². The van der Waals surface area contributed by atoms with Crippen molar-refractivity contribution in [2.24, 2.45) is 11.3 Å². The molecule has 2 heterocycles. The van der Waals surface area contributed by atoms with E-state index in [2.05, 4.69) is 29.3 Å². The first-order chi connectivity index (χ1) is 13.0. The second kappa shape index (κ2) is 6.99. The van der Waals surface area contributed by atoms with E-state index in [0.29, 0.717) is 11.5 Å². The third kappa shape index (κ3) is 3.50. The molecule has 1 aliphatic carbocycles. The summed E-state index contributed by atoms with van der Waals surface area (Å²) in [4.78, 5) is 16.4. The van der Waals surface area contributed by atoms with Crippen molar-refractivity contribution in [1.29, 1.82) is 0 Å². The van der Waals surface area contributed by atoms with Crippen LogP contribution in [-0.4, -0.2) is 22.1 Å². The van der Waals surface area contributed by atoms with Crippen LogP contribution in [0.15, 0.2) is 65.4 Å². The third-order valence-electron chi connectivity index (χ3n) is 5.77. The minimum absolute atomic E-state index is 0.00370. The highest BCUT2D eigenvalue weighted by molar-refractivity contribution is 5.94. The van der Waals surface area contributed by atoms with Crippen LogP contribution < -0.4 is 5.32 Å². The van der Waals surface area contributed by atoms with E-state index >= 15 is 0 Å². The van der Waals surface area contributed by atoms with Crippen LogP contribution >= 0.6 is 0 Å². The van der Waals surface area contributed by atoms with E-state index < -0.39 is 0 Å². The Morgan fingerprint density at radius 3 is 2.74 bits per heavy atom. The van der Waals surface area contributed by atoms with Gasteiger partial charge in [0.15, 0.2) is 5.76 Å². The average molecular weight is 361 g/mol. The molecule has 0 saturated heterocycles. The van der Waals surface area contributed by atoms with Gasteiger partial charge in [-0.15, -0.1) is 0 Å². The Labute approximate surface area is 158 Å². The van der Waals surface area contributed by atoms with Gasteiger partial charge in [0, 0.05) is 30.1 Å². The molecular weight excluding hydrogens is 338 g/mol. The Morgan fingerprint density at radius 2 is 2.04 bits per heavy atom. The van der Waals surface area contributed by atoms with Gasteiger partial charge in [0.2, 0.25) is 0 Å². The van der Waals surface area contributed by atoms with Crippen molar-refractivity contribution in [3.8, 4) is 11.3 Å². The summed E-state index contributed by atoms with van der Waals surface area (Å²) in [7, 11) is 0. The number of carbonyl (C=O) groups is 1. The van der Waals surface area contributed by atoms with Crippen LogP contribution in [0.1, 0.15) is 36.3 Å². The molecule has 1 N–H and O–H groups in total. The molecule has 5 nitrogen and oxygen atoms in total. The molecule has 1 aromatic carbocycles. The predicted molar refractivity (Wildman–Crippen MR) is 103 cm³/mol. The fourth-order valence-corrected chi connectivity index (χ4v) is 3.74. The standard InChI is InChI=1S/C22H23N3O2/c1-22(2)17(12-20(22)24-21(26)16-9-6-10-23-14-16)11-18-13-19(27-25-18)15-7-4-3-5-8-15/h3-10,13-14,17,20H,11-12H2,1-2H3,(H,24,26)/t17-,20+/m1/s1. The molecule has 1 saturated carbocycles. The minimum atomic E-state index is -0.0626. The summed E-state index contributed by atoms with van der Waals surface area (Å²) in [6.45, 7) is 4.40. The number of rotatable bonds is 5. The highest BCUT2D eigenvalue weighted by atomic mass is 16.5. The molecule has 27 heavy (non-hydrogen) atoms. The first-order valence-corrected chi connectivity index (χ1v) is 9.26. The Kier molecular flexibility index (Phi) is 4.52. The maximum atomic E-state index is 12.4. The van der Waals surface area contributed by atoms with E-state index in [0.717, 1.165) is 29.9 Å². The number of carbonyl (C=O) groups excluding carboxylic acids is 1. The van der Waals surface area contributed by atoms with Gasteiger partial charge in [-0.3, -0.25) is 9.78 Å². The van der Waals surface area contributed by atoms with E-state index in [1.54, 1.807) is 24.5 Å². The zero-order chi connectivity index (χ0) is 18.9. The largest absolute Gasteiger partial charge is 0.356 e. The molecular formula is C22H23N3O2. The number of aromatic nitrogens is 2. The first-order valence-electron chi connectivity index (χ1n) is 9.26. The van der Waals surface area contributed by atoms with Crippen LogP contribution in [0.3, 0.4) is 0 Å². The second-order valence-corrected chi connectivity index (χ2v) is 7.77. The summed E-state index contributed by atoms with van der Waals surface area (Å²) >= 11 is 0. The Balaban J connectivity index is 1.38. The van der Waals surface area contributed by atoms with E-state index in [4.69, 9.17) is 4.52 Å².